The summed E-state index contributed by atoms with van der Waals surface area (Å²) in [7, 11) is 2.18. The fraction of sp³-hybridized carbons (Fsp3) is 0.519. The highest BCUT2D eigenvalue weighted by atomic mass is 16.6. The number of rotatable bonds is 8. The molecule has 0 saturated carbocycles. The minimum absolute atomic E-state index is 0.316. The number of benzene rings is 1. The predicted molar refractivity (Wildman–Crippen MR) is 135 cm³/mol. The van der Waals surface area contributed by atoms with E-state index >= 15 is 0 Å². The highest BCUT2D eigenvalue weighted by Gasteiger charge is 2.26. The van der Waals surface area contributed by atoms with Crippen LogP contribution in [0.4, 0.5) is 4.79 Å². The van der Waals surface area contributed by atoms with Gasteiger partial charge in [-0.25, -0.2) is 9.78 Å². The smallest absolute Gasteiger partial charge is 0.407 e. The lowest BCUT2D eigenvalue weighted by molar-refractivity contribution is 0.0527. The number of imidazole rings is 1. The van der Waals surface area contributed by atoms with E-state index in [1.54, 1.807) is 0 Å². The third-order valence-corrected chi connectivity index (χ3v) is 6.30. The van der Waals surface area contributed by atoms with Gasteiger partial charge in [-0.1, -0.05) is 18.2 Å². The largest absolute Gasteiger partial charge is 0.444 e. The summed E-state index contributed by atoms with van der Waals surface area (Å²) in [6.45, 7) is 7.85. The molecule has 1 atom stereocenters. The molecule has 1 aliphatic rings. The van der Waals surface area contributed by atoms with E-state index in [0.29, 0.717) is 12.6 Å². The Labute approximate surface area is 202 Å². The molecule has 0 bridgehead atoms. The van der Waals surface area contributed by atoms with E-state index < -0.39 is 5.60 Å². The maximum Gasteiger partial charge on any atom is 0.407 e. The van der Waals surface area contributed by atoms with E-state index in [1.807, 2.05) is 39.1 Å². The summed E-state index contributed by atoms with van der Waals surface area (Å²) < 4.78 is 7.65. The monoisotopic (exact) mass is 463 g/mol. The van der Waals surface area contributed by atoms with Crippen molar-refractivity contribution in [2.24, 2.45) is 0 Å². The van der Waals surface area contributed by atoms with Gasteiger partial charge in [0.1, 0.15) is 11.4 Å². The summed E-state index contributed by atoms with van der Waals surface area (Å²) >= 11 is 0. The molecule has 0 radical (unpaired) electrons. The van der Waals surface area contributed by atoms with Crippen LogP contribution in [-0.2, 0) is 24.2 Å². The molecule has 182 valence electrons. The summed E-state index contributed by atoms with van der Waals surface area (Å²) in [5.41, 5.74) is 4.30. The highest BCUT2D eigenvalue weighted by Crippen LogP contribution is 2.33. The highest BCUT2D eigenvalue weighted by molar-refractivity contribution is 5.75. The molecule has 34 heavy (non-hydrogen) atoms. The Morgan fingerprint density at radius 1 is 1.21 bits per heavy atom. The Hall–Kier alpha value is -2.93. The van der Waals surface area contributed by atoms with Crippen LogP contribution >= 0.6 is 0 Å². The van der Waals surface area contributed by atoms with Gasteiger partial charge in [0.25, 0.3) is 0 Å². The third-order valence-electron chi connectivity index (χ3n) is 6.30. The summed E-state index contributed by atoms with van der Waals surface area (Å²) in [4.78, 5) is 24.0. The van der Waals surface area contributed by atoms with Crippen molar-refractivity contribution in [1.82, 2.24) is 24.8 Å². The van der Waals surface area contributed by atoms with Gasteiger partial charge in [0.05, 0.1) is 29.3 Å². The number of hydrogen-bond acceptors (Lipinski definition) is 5. The van der Waals surface area contributed by atoms with Crippen molar-refractivity contribution in [3.8, 4) is 0 Å². The number of aryl methyl sites for hydroxylation is 2. The first kappa shape index (κ1) is 24.2. The molecule has 1 unspecified atom stereocenters. The summed E-state index contributed by atoms with van der Waals surface area (Å²) in [5.74, 6) is 1.08. The van der Waals surface area contributed by atoms with Crippen LogP contribution < -0.4 is 5.32 Å². The number of fused-ring (bicyclic) bond motifs is 2. The molecule has 7 heteroatoms. The number of carbonyl (C=O) groups excluding carboxylic acids is 1. The first-order chi connectivity index (χ1) is 16.3. The van der Waals surface area contributed by atoms with Crippen molar-refractivity contribution in [2.45, 2.75) is 77.6 Å². The second-order valence-electron chi connectivity index (χ2n) is 10.2. The maximum absolute atomic E-state index is 11.9. The average Bonchev–Trinajstić information content (AvgIpc) is 3.14. The van der Waals surface area contributed by atoms with Gasteiger partial charge in [-0.15, -0.1) is 0 Å². The molecule has 2 aromatic heterocycles. The van der Waals surface area contributed by atoms with Crippen LogP contribution in [0.3, 0.4) is 0 Å². The van der Waals surface area contributed by atoms with Gasteiger partial charge in [0, 0.05) is 19.3 Å². The summed E-state index contributed by atoms with van der Waals surface area (Å²) in [6.07, 6.45) is 6.80. The van der Waals surface area contributed by atoms with E-state index in [-0.39, 0.29) is 6.09 Å². The molecule has 2 heterocycles. The van der Waals surface area contributed by atoms with Crippen molar-refractivity contribution >= 4 is 17.1 Å². The number of alkyl carbamates (subject to hydrolysis) is 1. The molecular weight excluding hydrogens is 426 g/mol. The molecule has 1 N–H and O–H groups in total. The molecule has 0 spiro atoms. The number of unbranched alkanes of at least 4 members (excludes halogenated alkanes) is 1. The van der Waals surface area contributed by atoms with Gasteiger partial charge in [-0.2, -0.15) is 0 Å². The van der Waals surface area contributed by atoms with Crippen LogP contribution in [0.1, 0.15) is 69.6 Å². The SMILES string of the molecule is CN(Cc1nc2ccccc2n1CCCCNC(=O)OC(C)(C)C)C1CCCc2cccnc21. The first-order valence-electron chi connectivity index (χ1n) is 12.4. The van der Waals surface area contributed by atoms with Crippen LogP contribution in [0.2, 0.25) is 0 Å². The molecule has 0 saturated heterocycles. The van der Waals surface area contributed by atoms with Crippen molar-refractivity contribution in [1.29, 1.82) is 0 Å². The van der Waals surface area contributed by atoms with E-state index in [2.05, 4.69) is 46.1 Å². The van der Waals surface area contributed by atoms with Crippen molar-refractivity contribution in [3.63, 3.8) is 0 Å². The number of nitrogens with zero attached hydrogens (tertiary/aromatic N) is 4. The number of pyridine rings is 1. The van der Waals surface area contributed by atoms with E-state index in [4.69, 9.17) is 14.7 Å². The Morgan fingerprint density at radius 3 is 2.85 bits per heavy atom. The number of para-hydroxylation sites is 2. The summed E-state index contributed by atoms with van der Waals surface area (Å²) in [5, 5.41) is 2.85. The number of aromatic nitrogens is 3. The van der Waals surface area contributed by atoms with Crippen LogP contribution in [0.15, 0.2) is 42.6 Å². The first-order valence-corrected chi connectivity index (χ1v) is 12.4. The standard InChI is InChI=1S/C27H37N5O2/c1-27(2,3)34-26(33)29-16-7-8-18-32-22-14-6-5-13-21(22)30-24(32)19-31(4)23-15-9-11-20-12-10-17-28-25(20)23/h5-6,10,12-14,17,23H,7-9,11,15-16,18-19H2,1-4H3,(H,29,33). The minimum Gasteiger partial charge on any atom is -0.444 e. The lowest BCUT2D eigenvalue weighted by atomic mass is 9.91. The van der Waals surface area contributed by atoms with E-state index in [9.17, 15) is 4.79 Å². The number of hydrogen-bond donors (Lipinski definition) is 1. The molecule has 1 aromatic carbocycles. The number of carbonyl (C=O) groups is 1. The molecular formula is C27H37N5O2. The van der Waals surface area contributed by atoms with Crippen molar-refractivity contribution in [3.05, 3.63) is 59.7 Å². The second kappa shape index (κ2) is 10.6. The Kier molecular flexibility index (Phi) is 7.51. The minimum atomic E-state index is -0.477. The maximum atomic E-state index is 11.9. The van der Waals surface area contributed by atoms with Crippen LogP contribution in [0.25, 0.3) is 11.0 Å². The molecule has 1 amide bonds. The Balaban J connectivity index is 1.41. The fourth-order valence-corrected chi connectivity index (χ4v) is 4.74. The lowest BCUT2D eigenvalue weighted by Gasteiger charge is -2.32. The van der Waals surface area contributed by atoms with Gasteiger partial charge >= 0.3 is 6.09 Å². The van der Waals surface area contributed by atoms with E-state index in [0.717, 1.165) is 55.6 Å². The quantitative estimate of drug-likeness (QED) is 0.462. The molecule has 7 nitrogen and oxygen atoms in total. The van der Waals surface area contributed by atoms with Crippen LogP contribution in [0.5, 0.6) is 0 Å². The molecule has 4 rings (SSSR count). The fourth-order valence-electron chi connectivity index (χ4n) is 4.74. The number of amides is 1. The zero-order valence-electron chi connectivity index (χ0n) is 20.9. The van der Waals surface area contributed by atoms with Crippen molar-refractivity contribution in [2.75, 3.05) is 13.6 Å². The van der Waals surface area contributed by atoms with Gasteiger partial charge in [-0.3, -0.25) is 9.88 Å². The molecule has 3 aromatic rings. The second-order valence-corrected chi connectivity index (χ2v) is 10.2. The van der Waals surface area contributed by atoms with Gasteiger partial charge in [0.2, 0.25) is 0 Å². The third kappa shape index (κ3) is 5.95. The summed E-state index contributed by atoms with van der Waals surface area (Å²) in [6, 6.07) is 12.9. The Morgan fingerprint density at radius 2 is 2.03 bits per heavy atom. The number of ether oxygens (including phenoxy) is 1. The lowest BCUT2D eigenvalue weighted by Crippen LogP contribution is -2.33. The van der Waals surface area contributed by atoms with Crippen LogP contribution in [-0.4, -0.2) is 44.7 Å². The number of nitrogens with one attached hydrogen (secondary N) is 1. The zero-order chi connectivity index (χ0) is 24.1. The predicted octanol–water partition coefficient (Wildman–Crippen LogP) is 5.25. The molecule has 0 fully saturated rings. The van der Waals surface area contributed by atoms with Gasteiger partial charge < -0.3 is 14.6 Å². The van der Waals surface area contributed by atoms with Gasteiger partial charge in [-0.05, 0) is 83.7 Å². The topological polar surface area (TPSA) is 72.3 Å². The van der Waals surface area contributed by atoms with Crippen molar-refractivity contribution < 1.29 is 9.53 Å². The molecule has 1 aliphatic carbocycles. The Bertz CT molecular complexity index is 1120. The van der Waals surface area contributed by atoms with Crippen LogP contribution in [0, 0.1) is 0 Å². The van der Waals surface area contributed by atoms with Gasteiger partial charge in [0.15, 0.2) is 0 Å². The average molecular weight is 464 g/mol. The van der Waals surface area contributed by atoms with E-state index in [1.165, 1.54) is 17.7 Å². The normalized spacial score (nSPS) is 16.0. The molecule has 0 aliphatic heterocycles. The zero-order valence-corrected chi connectivity index (χ0v) is 20.9.